The van der Waals surface area contributed by atoms with E-state index in [1.165, 1.54) is 0 Å². The SMILES string of the molecule is CCNC(=O)CN1CCN(Cc2coc(-c3cccs3)n2)CC1. The van der Waals surface area contributed by atoms with Gasteiger partial charge in [0, 0.05) is 39.3 Å². The lowest BCUT2D eigenvalue weighted by Crippen LogP contribution is -2.49. The van der Waals surface area contributed by atoms with Crippen molar-refractivity contribution in [2.24, 2.45) is 0 Å². The number of oxazole rings is 1. The van der Waals surface area contributed by atoms with E-state index in [0.717, 1.165) is 43.3 Å². The van der Waals surface area contributed by atoms with Crippen LogP contribution in [-0.2, 0) is 11.3 Å². The van der Waals surface area contributed by atoms with Gasteiger partial charge in [0.1, 0.15) is 6.26 Å². The first kappa shape index (κ1) is 16.2. The highest BCUT2D eigenvalue weighted by Gasteiger charge is 2.20. The molecule has 124 valence electrons. The van der Waals surface area contributed by atoms with Gasteiger partial charge >= 0.3 is 0 Å². The van der Waals surface area contributed by atoms with Crippen LogP contribution in [0.3, 0.4) is 0 Å². The highest BCUT2D eigenvalue weighted by atomic mass is 32.1. The van der Waals surface area contributed by atoms with E-state index in [9.17, 15) is 4.79 Å². The predicted molar refractivity (Wildman–Crippen MR) is 90.2 cm³/mol. The number of rotatable bonds is 6. The van der Waals surface area contributed by atoms with Crippen LogP contribution in [0.25, 0.3) is 10.8 Å². The molecule has 1 N–H and O–H groups in total. The molecule has 2 aromatic rings. The molecular weight excluding hydrogens is 312 g/mol. The molecule has 2 aromatic heterocycles. The quantitative estimate of drug-likeness (QED) is 0.870. The summed E-state index contributed by atoms with van der Waals surface area (Å²) >= 11 is 1.63. The molecule has 7 heteroatoms. The Labute approximate surface area is 140 Å². The first-order valence-electron chi connectivity index (χ1n) is 7.94. The summed E-state index contributed by atoms with van der Waals surface area (Å²) in [5, 5.41) is 4.87. The Hall–Kier alpha value is -1.70. The fourth-order valence-corrected chi connectivity index (χ4v) is 3.34. The minimum absolute atomic E-state index is 0.109. The minimum Gasteiger partial charge on any atom is -0.444 e. The number of nitrogens with one attached hydrogen (secondary N) is 1. The number of amides is 1. The zero-order valence-electron chi connectivity index (χ0n) is 13.3. The average Bonchev–Trinajstić information content (AvgIpc) is 3.20. The van der Waals surface area contributed by atoms with E-state index in [2.05, 4.69) is 20.1 Å². The van der Waals surface area contributed by atoms with Crippen molar-refractivity contribution in [3.63, 3.8) is 0 Å². The lowest BCUT2D eigenvalue weighted by molar-refractivity contribution is -0.122. The maximum Gasteiger partial charge on any atom is 0.236 e. The maximum absolute atomic E-state index is 11.6. The lowest BCUT2D eigenvalue weighted by atomic mass is 10.3. The van der Waals surface area contributed by atoms with Gasteiger partial charge in [0.2, 0.25) is 11.8 Å². The molecule has 0 aromatic carbocycles. The summed E-state index contributed by atoms with van der Waals surface area (Å²) in [5.74, 6) is 0.808. The first-order chi connectivity index (χ1) is 11.2. The number of carbonyl (C=O) groups is 1. The monoisotopic (exact) mass is 334 g/mol. The molecule has 0 saturated carbocycles. The van der Waals surface area contributed by atoms with Crippen LogP contribution in [0.1, 0.15) is 12.6 Å². The number of piperazine rings is 1. The topological polar surface area (TPSA) is 61.6 Å². The van der Waals surface area contributed by atoms with Gasteiger partial charge in [0.15, 0.2) is 0 Å². The van der Waals surface area contributed by atoms with Gasteiger partial charge in [-0.15, -0.1) is 11.3 Å². The predicted octanol–water partition coefficient (Wildman–Crippen LogP) is 1.66. The van der Waals surface area contributed by atoms with Crippen molar-refractivity contribution >= 4 is 17.2 Å². The molecule has 1 aliphatic rings. The zero-order chi connectivity index (χ0) is 16.1. The Morgan fingerprint density at radius 2 is 2.13 bits per heavy atom. The van der Waals surface area contributed by atoms with Gasteiger partial charge in [-0.2, -0.15) is 0 Å². The molecule has 0 atom stereocenters. The number of carbonyl (C=O) groups excluding carboxylic acids is 1. The second kappa shape index (κ2) is 7.72. The minimum atomic E-state index is 0.109. The van der Waals surface area contributed by atoms with Gasteiger partial charge in [-0.25, -0.2) is 4.98 Å². The lowest BCUT2D eigenvalue weighted by Gasteiger charge is -2.33. The second-order valence-corrected chi connectivity index (χ2v) is 6.57. The van der Waals surface area contributed by atoms with Crippen molar-refractivity contribution in [2.75, 3.05) is 39.3 Å². The van der Waals surface area contributed by atoms with Gasteiger partial charge in [-0.3, -0.25) is 14.6 Å². The molecule has 1 amide bonds. The van der Waals surface area contributed by atoms with E-state index in [4.69, 9.17) is 4.42 Å². The fourth-order valence-electron chi connectivity index (χ4n) is 2.68. The van der Waals surface area contributed by atoms with E-state index in [1.807, 2.05) is 24.4 Å². The molecule has 6 nitrogen and oxygen atoms in total. The highest BCUT2D eigenvalue weighted by Crippen LogP contribution is 2.24. The summed E-state index contributed by atoms with van der Waals surface area (Å²) in [6.07, 6.45) is 1.75. The van der Waals surface area contributed by atoms with E-state index in [-0.39, 0.29) is 5.91 Å². The summed E-state index contributed by atoms with van der Waals surface area (Å²) in [6, 6.07) is 4.01. The molecule has 23 heavy (non-hydrogen) atoms. The van der Waals surface area contributed by atoms with E-state index in [1.54, 1.807) is 17.6 Å². The first-order valence-corrected chi connectivity index (χ1v) is 8.82. The van der Waals surface area contributed by atoms with Crippen molar-refractivity contribution in [2.45, 2.75) is 13.5 Å². The van der Waals surface area contributed by atoms with Gasteiger partial charge in [-0.05, 0) is 18.4 Å². The molecule has 1 saturated heterocycles. The van der Waals surface area contributed by atoms with E-state index in [0.29, 0.717) is 19.0 Å². The van der Waals surface area contributed by atoms with Gasteiger partial charge < -0.3 is 9.73 Å². The van der Waals surface area contributed by atoms with Crippen LogP contribution in [0, 0.1) is 0 Å². The molecule has 0 spiro atoms. The number of nitrogens with zero attached hydrogens (tertiary/aromatic N) is 3. The van der Waals surface area contributed by atoms with Crippen LogP contribution in [0.4, 0.5) is 0 Å². The van der Waals surface area contributed by atoms with E-state index >= 15 is 0 Å². The number of likely N-dealkylation sites (N-methyl/N-ethyl adjacent to an activating group) is 1. The molecule has 0 radical (unpaired) electrons. The van der Waals surface area contributed by atoms with Crippen LogP contribution in [-0.4, -0.2) is 60.0 Å². The number of hydrogen-bond donors (Lipinski definition) is 1. The van der Waals surface area contributed by atoms with Crippen molar-refractivity contribution in [3.05, 3.63) is 29.5 Å². The fraction of sp³-hybridized carbons (Fsp3) is 0.500. The number of hydrogen-bond acceptors (Lipinski definition) is 6. The Bertz CT molecular complexity index is 618. The molecule has 1 fully saturated rings. The summed E-state index contributed by atoms with van der Waals surface area (Å²) in [6.45, 7) is 7.63. The second-order valence-electron chi connectivity index (χ2n) is 5.63. The smallest absolute Gasteiger partial charge is 0.236 e. The van der Waals surface area contributed by atoms with Crippen LogP contribution < -0.4 is 5.32 Å². The van der Waals surface area contributed by atoms with Gasteiger partial charge in [0.25, 0.3) is 0 Å². The van der Waals surface area contributed by atoms with Gasteiger partial charge in [-0.1, -0.05) is 6.07 Å². The molecule has 0 unspecified atom stereocenters. The van der Waals surface area contributed by atoms with Gasteiger partial charge in [0.05, 0.1) is 17.1 Å². The molecule has 1 aliphatic heterocycles. The van der Waals surface area contributed by atoms with Crippen LogP contribution in [0.15, 0.2) is 28.2 Å². The van der Waals surface area contributed by atoms with Crippen molar-refractivity contribution in [1.82, 2.24) is 20.1 Å². The molecule has 0 bridgehead atoms. The largest absolute Gasteiger partial charge is 0.444 e. The van der Waals surface area contributed by atoms with Crippen molar-refractivity contribution in [1.29, 1.82) is 0 Å². The Morgan fingerprint density at radius 1 is 1.35 bits per heavy atom. The summed E-state index contributed by atoms with van der Waals surface area (Å²) in [5.41, 5.74) is 0.963. The van der Waals surface area contributed by atoms with E-state index < -0.39 is 0 Å². The third kappa shape index (κ3) is 4.40. The standard InChI is InChI=1S/C16H22N4O2S/c1-2-17-15(21)11-20-7-5-19(6-8-20)10-13-12-22-16(18-13)14-4-3-9-23-14/h3-4,9,12H,2,5-8,10-11H2,1H3,(H,17,21). The average molecular weight is 334 g/mol. The summed E-state index contributed by atoms with van der Waals surface area (Å²) in [7, 11) is 0. The molecular formula is C16H22N4O2S. The van der Waals surface area contributed by atoms with Crippen molar-refractivity contribution in [3.8, 4) is 10.8 Å². The summed E-state index contributed by atoms with van der Waals surface area (Å²) < 4.78 is 5.56. The Morgan fingerprint density at radius 3 is 2.83 bits per heavy atom. The summed E-state index contributed by atoms with van der Waals surface area (Å²) in [4.78, 5) is 21.8. The van der Waals surface area contributed by atoms with Crippen LogP contribution >= 0.6 is 11.3 Å². The molecule has 3 rings (SSSR count). The van der Waals surface area contributed by atoms with Crippen molar-refractivity contribution < 1.29 is 9.21 Å². The maximum atomic E-state index is 11.6. The van der Waals surface area contributed by atoms with Crippen LogP contribution in [0.2, 0.25) is 0 Å². The van der Waals surface area contributed by atoms with Crippen LogP contribution in [0.5, 0.6) is 0 Å². The highest BCUT2D eigenvalue weighted by molar-refractivity contribution is 7.13. The third-order valence-electron chi connectivity index (χ3n) is 3.88. The Balaban J connectivity index is 1.46. The number of thiophene rings is 1. The normalized spacial score (nSPS) is 16.6. The third-order valence-corrected chi connectivity index (χ3v) is 4.73. The molecule has 0 aliphatic carbocycles. The molecule has 3 heterocycles. The zero-order valence-corrected chi connectivity index (χ0v) is 14.1. The Kier molecular flexibility index (Phi) is 5.43. The number of aromatic nitrogens is 1.